The lowest BCUT2D eigenvalue weighted by Gasteiger charge is -2.20. The molecule has 0 aliphatic heterocycles. The maximum absolute atomic E-state index is 11.7. The Labute approximate surface area is 132 Å². The van der Waals surface area contributed by atoms with Crippen LogP contribution in [0.15, 0.2) is 18.2 Å². The highest BCUT2D eigenvalue weighted by Crippen LogP contribution is 2.25. The zero-order valence-corrected chi connectivity index (χ0v) is 13.0. The number of hydrogen-bond acceptors (Lipinski definition) is 3. The zero-order valence-electron chi connectivity index (χ0n) is 11.5. The Hall–Kier alpha value is -1.50. The summed E-state index contributed by atoms with van der Waals surface area (Å²) >= 11 is 11.8. The van der Waals surface area contributed by atoms with Crippen LogP contribution < -0.4 is 10.6 Å². The summed E-state index contributed by atoms with van der Waals surface area (Å²) < 4.78 is 0. The zero-order chi connectivity index (χ0) is 16.2. The number of carbonyl (C=O) groups excluding carboxylic acids is 1. The number of urea groups is 1. The van der Waals surface area contributed by atoms with E-state index in [4.69, 9.17) is 28.3 Å². The second kappa shape index (κ2) is 6.98. The summed E-state index contributed by atoms with van der Waals surface area (Å²) in [6.07, 6.45) is 0. The van der Waals surface area contributed by atoms with Crippen LogP contribution in [0.5, 0.6) is 0 Å². The molecule has 0 bridgehead atoms. The number of carboxylic acid groups (broad SMARTS) is 1. The molecule has 0 saturated heterocycles. The van der Waals surface area contributed by atoms with Gasteiger partial charge in [-0.2, -0.15) is 0 Å². The maximum atomic E-state index is 11.7. The molecule has 0 aromatic heterocycles. The van der Waals surface area contributed by atoms with Crippen LogP contribution in [-0.4, -0.2) is 34.4 Å². The Bertz CT molecular complexity index is 549. The number of carboxylic acids is 1. The highest BCUT2D eigenvalue weighted by molar-refractivity contribution is 6.35. The summed E-state index contributed by atoms with van der Waals surface area (Å²) in [6.45, 7) is 2.38. The third-order valence-electron chi connectivity index (χ3n) is 2.83. The topological polar surface area (TPSA) is 98.7 Å². The predicted molar refractivity (Wildman–Crippen MR) is 79.7 cm³/mol. The first-order valence-electron chi connectivity index (χ1n) is 6.08. The molecule has 0 fully saturated rings. The number of benzene rings is 1. The molecule has 4 N–H and O–H groups in total. The van der Waals surface area contributed by atoms with Crippen LogP contribution in [0.2, 0.25) is 10.0 Å². The van der Waals surface area contributed by atoms with Gasteiger partial charge in [0.05, 0.1) is 12.6 Å². The largest absolute Gasteiger partial charge is 0.479 e. The molecule has 2 amide bonds. The van der Waals surface area contributed by atoms with Gasteiger partial charge in [0.1, 0.15) is 0 Å². The van der Waals surface area contributed by atoms with E-state index >= 15 is 0 Å². The summed E-state index contributed by atoms with van der Waals surface area (Å²) in [4.78, 5) is 22.4. The minimum absolute atomic E-state index is 0.410. The molecule has 1 aromatic rings. The molecule has 116 valence electrons. The fourth-order valence-corrected chi connectivity index (χ4v) is 2.08. The van der Waals surface area contributed by atoms with Crippen molar-refractivity contribution in [2.45, 2.75) is 25.5 Å². The number of nitrogens with one attached hydrogen (secondary N) is 2. The molecule has 0 aliphatic rings. The molecule has 0 aliphatic carbocycles. The molecule has 0 heterocycles. The Morgan fingerprint density at radius 1 is 1.38 bits per heavy atom. The Morgan fingerprint density at radius 3 is 2.52 bits per heavy atom. The fraction of sp³-hybridized carbons (Fsp3) is 0.385. The average molecular weight is 335 g/mol. The molecule has 0 radical (unpaired) electrons. The van der Waals surface area contributed by atoms with Gasteiger partial charge in [0, 0.05) is 10.0 Å². The van der Waals surface area contributed by atoms with Crippen LogP contribution in [0.25, 0.3) is 0 Å². The number of aliphatic hydroxyl groups is 1. The van der Waals surface area contributed by atoms with E-state index in [-0.39, 0.29) is 0 Å². The van der Waals surface area contributed by atoms with Gasteiger partial charge in [0.25, 0.3) is 0 Å². The Balaban J connectivity index is 2.60. The molecule has 2 atom stereocenters. The molecule has 6 nitrogen and oxygen atoms in total. The average Bonchev–Trinajstić information content (AvgIpc) is 2.36. The van der Waals surface area contributed by atoms with Crippen LogP contribution >= 0.6 is 23.2 Å². The summed E-state index contributed by atoms with van der Waals surface area (Å²) in [5, 5.41) is 24.0. The third kappa shape index (κ3) is 5.08. The van der Waals surface area contributed by atoms with Crippen LogP contribution in [-0.2, 0) is 4.79 Å². The van der Waals surface area contributed by atoms with Crippen molar-refractivity contribution in [2.75, 3.05) is 6.54 Å². The van der Waals surface area contributed by atoms with E-state index < -0.39 is 30.2 Å². The normalized spacial score (nSPS) is 14.9. The lowest BCUT2D eigenvalue weighted by Crippen LogP contribution is -2.49. The van der Waals surface area contributed by atoms with Gasteiger partial charge in [0.2, 0.25) is 0 Å². The highest BCUT2D eigenvalue weighted by Gasteiger charge is 2.30. The summed E-state index contributed by atoms with van der Waals surface area (Å²) in [5.41, 5.74) is -1.36. The number of rotatable bonds is 5. The van der Waals surface area contributed by atoms with Gasteiger partial charge in [-0.1, -0.05) is 29.3 Å². The van der Waals surface area contributed by atoms with Crippen molar-refractivity contribution < 1.29 is 19.8 Å². The predicted octanol–water partition coefficient (Wildman–Crippen LogP) is 2.19. The van der Waals surface area contributed by atoms with Crippen molar-refractivity contribution in [3.63, 3.8) is 0 Å². The first kappa shape index (κ1) is 17.6. The molecular formula is C13H16Cl2N2O4. The minimum atomic E-state index is -2.03. The van der Waals surface area contributed by atoms with Gasteiger partial charge in [-0.05, 0) is 31.5 Å². The summed E-state index contributed by atoms with van der Waals surface area (Å²) in [7, 11) is 0. The molecule has 0 saturated carbocycles. The highest BCUT2D eigenvalue weighted by atomic mass is 35.5. The van der Waals surface area contributed by atoms with Gasteiger partial charge >= 0.3 is 12.0 Å². The van der Waals surface area contributed by atoms with Gasteiger partial charge in [-0.25, -0.2) is 9.59 Å². The molecule has 2 unspecified atom stereocenters. The van der Waals surface area contributed by atoms with Crippen molar-refractivity contribution in [2.24, 2.45) is 0 Å². The Kier molecular flexibility index (Phi) is 5.83. The van der Waals surface area contributed by atoms with Gasteiger partial charge in [-0.15, -0.1) is 0 Å². The van der Waals surface area contributed by atoms with E-state index in [2.05, 4.69) is 10.6 Å². The quantitative estimate of drug-likeness (QED) is 0.663. The van der Waals surface area contributed by atoms with Crippen LogP contribution in [0.3, 0.4) is 0 Å². The third-order valence-corrected chi connectivity index (χ3v) is 3.39. The van der Waals surface area contributed by atoms with Gasteiger partial charge < -0.3 is 20.8 Å². The summed E-state index contributed by atoms with van der Waals surface area (Å²) in [5.74, 6) is -1.42. The monoisotopic (exact) mass is 334 g/mol. The standard InChI is InChI=1S/C13H16Cl2N2O4/c1-7(9-4-3-8(14)5-10(9)15)17-12(20)16-6-13(2,21)11(18)19/h3-5,7,21H,6H2,1-2H3,(H,18,19)(H2,16,17,20). The lowest BCUT2D eigenvalue weighted by atomic mass is 10.1. The summed E-state index contributed by atoms with van der Waals surface area (Å²) in [6, 6.07) is 3.86. The molecular weight excluding hydrogens is 319 g/mol. The van der Waals surface area contributed by atoms with Crippen molar-refractivity contribution in [3.05, 3.63) is 33.8 Å². The molecule has 0 spiro atoms. The maximum Gasteiger partial charge on any atom is 0.337 e. The van der Waals surface area contributed by atoms with E-state index in [9.17, 15) is 14.7 Å². The number of hydrogen-bond donors (Lipinski definition) is 4. The van der Waals surface area contributed by atoms with Crippen molar-refractivity contribution in [3.8, 4) is 0 Å². The van der Waals surface area contributed by atoms with Crippen molar-refractivity contribution in [1.29, 1.82) is 0 Å². The number of carbonyl (C=O) groups is 2. The first-order chi connectivity index (χ1) is 9.63. The second-order valence-corrected chi connectivity index (χ2v) is 5.64. The molecule has 1 rings (SSSR count). The first-order valence-corrected chi connectivity index (χ1v) is 6.84. The van der Waals surface area contributed by atoms with E-state index in [0.29, 0.717) is 15.6 Å². The molecule has 8 heteroatoms. The second-order valence-electron chi connectivity index (χ2n) is 4.79. The van der Waals surface area contributed by atoms with Gasteiger partial charge in [-0.3, -0.25) is 0 Å². The van der Waals surface area contributed by atoms with Gasteiger partial charge in [0.15, 0.2) is 5.60 Å². The smallest absolute Gasteiger partial charge is 0.337 e. The molecule has 21 heavy (non-hydrogen) atoms. The van der Waals surface area contributed by atoms with E-state index in [1.54, 1.807) is 25.1 Å². The van der Waals surface area contributed by atoms with Crippen LogP contribution in [0.4, 0.5) is 4.79 Å². The lowest BCUT2D eigenvalue weighted by molar-refractivity contribution is -0.155. The number of aliphatic carboxylic acids is 1. The van der Waals surface area contributed by atoms with Crippen molar-refractivity contribution >= 4 is 35.2 Å². The van der Waals surface area contributed by atoms with E-state index in [1.807, 2.05) is 0 Å². The number of amides is 2. The fourth-order valence-electron chi connectivity index (χ4n) is 1.51. The molecule has 1 aromatic carbocycles. The Morgan fingerprint density at radius 2 is 2.00 bits per heavy atom. The van der Waals surface area contributed by atoms with E-state index in [1.165, 1.54) is 0 Å². The SMILES string of the molecule is CC(NC(=O)NCC(C)(O)C(=O)O)c1ccc(Cl)cc1Cl. The van der Waals surface area contributed by atoms with Crippen molar-refractivity contribution in [1.82, 2.24) is 10.6 Å². The van der Waals surface area contributed by atoms with Crippen LogP contribution in [0, 0.1) is 0 Å². The van der Waals surface area contributed by atoms with E-state index in [0.717, 1.165) is 6.92 Å². The minimum Gasteiger partial charge on any atom is -0.479 e. The number of halogens is 2. The van der Waals surface area contributed by atoms with Crippen LogP contribution in [0.1, 0.15) is 25.5 Å².